The molecular weight excluding hydrogens is 232 g/mol. The van der Waals surface area contributed by atoms with Crippen molar-refractivity contribution in [2.45, 2.75) is 12.8 Å². The largest absolute Gasteiger partial charge is 0.504 e. The predicted molar refractivity (Wildman–Crippen MR) is 54.0 cm³/mol. The van der Waals surface area contributed by atoms with Gasteiger partial charge in [0, 0.05) is 4.47 Å². The van der Waals surface area contributed by atoms with E-state index in [9.17, 15) is 5.11 Å². The van der Waals surface area contributed by atoms with Crippen molar-refractivity contribution in [3.8, 4) is 11.5 Å². The van der Waals surface area contributed by atoms with E-state index in [1.165, 1.54) is 12.8 Å². The summed E-state index contributed by atoms with van der Waals surface area (Å²) >= 11 is 3.27. The molecule has 2 rings (SSSR count). The minimum Gasteiger partial charge on any atom is -0.504 e. The highest BCUT2D eigenvalue weighted by molar-refractivity contribution is 9.10. The number of phenolic OH excluding ortho intramolecular Hbond substituents is 1. The van der Waals surface area contributed by atoms with Gasteiger partial charge < -0.3 is 9.84 Å². The highest BCUT2D eigenvalue weighted by atomic mass is 79.9. The third kappa shape index (κ3) is 2.37. The SMILES string of the molecule is Oc1cc(Br)ccc1OCC1CC1. The summed E-state index contributed by atoms with van der Waals surface area (Å²) in [5.74, 6) is 1.49. The smallest absolute Gasteiger partial charge is 0.160 e. The maximum atomic E-state index is 9.47. The molecule has 0 radical (unpaired) electrons. The van der Waals surface area contributed by atoms with E-state index in [1.54, 1.807) is 12.1 Å². The van der Waals surface area contributed by atoms with E-state index in [0.29, 0.717) is 11.7 Å². The third-order valence-electron chi connectivity index (χ3n) is 2.09. The van der Waals surface area contributed by atoms with Crippen LogP contribution in [0.4, 0.5) is 0 Å². The molecule has 1 aliphatic carbocycles. The second-order valence-electron chi connectivity index (χ2n) is 3.37. The molecule has 0 aromatic heterocycles. The van der Waals surface area contributed by atoms with Gasteiger partial charge in [-0.3, -0.25) is 0 Å². The monoisotopic (exact) mass is 242 g/mol. The summed E-state index contributed by atoms with van der Waals surface area (Å²) in [5.41, 5.74) is 0. The van der Waals surface area contributed by atoms with Gasteiger partial charge in [-0.1, -0.05) is 15.9 Å². The second-order valence-corrected chi connectivity index (χ2v) is 4.28. The Balaban J connectivity index is 2.01. The molecular formula is C10H11BrO2. The number of rotatable bonds is 3. The van der Waals surface area contributed by atoms with Crippen LogP contribution in [0.2, 0.25) is 0 Å². The van der Waals surface area contributed by atoms with Gasteiger partial charge >= 0.3 is 0 Å². The molecule has 1 saturated carbocycles. The van der Waals surface area contributed by atoms with Crippen molar-refractivity contribution < 1.29 is 9.84 Å². The summed E-state index contributed by atoms with van der Waals surface area (Å²) in [6.45, 7) is 0.731. The minimum absolute atomic E-state index is 0.204. The average Bonchev–Trinajstić information content (AvgIpc) is 2.86. The first-order valence-corrected chi connectivity index (χ1v) is 5.16. The van der Waals surface area contributed by atoms with Crippen LogP contribution < -0.4 is 4.74 Å². The topological polar surface area (TPSA) is 29.5 Å². The quantitative estimate of drug-likeness (QED) is 0.884. The highest BCUT2D eigenvalue weighted by Crippen LogP contribution is 2.33. The van der Waals surface area contributed by atoms with Crippen molar-refractivity contribution in [1.29, 1.82) is 0 Å². The van der Waals surface area contributed by atoms with Crippen LogP contribution in [-0.4, -0.2) is 11.7 Å². The Labute approximate surface area is 85.7 Å². The van der Waals surface area contributed by atoms with Gasteiger partial charge in [-0.05, 0) is 37.0 Å². The normalized spacial score (nSPS) is 15.8. The van der Waals surface area contributed by atoms with Gasteiger partial charge in [0.2, 0.25) is 0 Å². The fourth-order valence-corrected chi connectivity index (χ4v) is 1.45. The van der Waals surface area contributed by atoms with Gasteiger partial charge in [0.05, 0.1) is 6.61 Å². The standard InChI is InChI=1S/C10H11BrO2/c11-8-3-4-10(9(12)5-8)13-6-7-1-2-7/h3-5,7,12H,1-2,6H2. The van der Waals surface area contributed by atoms with E-state index in [2.05, 4.69) is 15.9 Å². The number of halogens is 1. The van der Waals surface area contributed by atoms with Gasteiger partial charge in [-0.15, -0.1) is 0 Å². The molecule has 0 saturated heterocycles. The lowest BCUT2D eigenvalue weighted by Gasteiger charge is -2.06. The Bertz CT molecular complexity index is 308. The van der Waals surface area contributed by atoms with E-state index in [1.807, 2.05) is 6.07 Å². The molecule has 0 spiro atoms. The van der Waals surface area contributed by atoms with Gasteiger partial charge in [-0.2, -0.15) is 0 Å². The number of ether oxygens (including phenoxy) is 1. The first kappa shape index (κ1) is 8.88. The van der Waals surface area contributed by atoms with Crippen LogP contribution in [0.15, 0.2) is 22.7 Å². The first-order valence-electron chi connectivity index (χ1n) is 4.37. The summed E-state index contributed by atoms with van der Waals surface area (Å²) in [4.78, 5) is 0. The summed E-state index contributed by atoms with van der Waals surface area (Å²) in [6, 6.07) is 5.28. The van der Waals surface area contributed by atoms with Crippen molar-refractivity contribution in [2.75, 3.05) is 6.61 Å². The van der Waals surface area contributed by atoms with Gasteiger partial charge in [0.15, 0.2) is 11.5 Å². The van der Waals surface area contributed by atoms with E-state index in [4.69, 9.17) is 4.74 Å². The number of phenols is 1. The molecule has 13 heavy (non-hydrogen) atoms. The molecule has 0 bridgehead atoms. The molecule has 70 valence electrons. The first-order chi connectivity index (χ1) is 6.25. The van der Waals surface area contributed by atoms with E-state index >= 15 is 0 Å². The molecule has 1 aromatic rings. The van der Waals surface area contributed by atoms with Crippen molar-refractivity contribution >= 4 is 15.9 Å². The Morgan fingerprint density at radius 2 is 2.23 bits per heavy atom. The highest BCUT2D eigenvalue weighted by Gasteiger charge is 2.22. The molecule has 1 N–H and O–H groups in total. The average molecular weight is 243 g/mol. The Morgan fingerprint density at radius 3 is 2.85 bits per heavy atom. The van der Waals surface area contributed by atoms with Crippen LogP contribution in [0.25, 0.3) is 0 Å². The van der Waals surface area contributed by atoms with Crippen molar-refractivity contribution in [3.05, 3.63) is 22.7 Å². The summed E-state index contributed by atoms with van der Waals surface area (Å²) < 4.78 is 6.31. The summed E-state index contributed by atoms with van der Waals surface area (Å²) in [6.07, 6.45) is 2.52. The molecule has 0 heterocycles. The van der Waals surface area contributed by atoms with Crippen LogP contribution in [0.1, 0.15) is 12.8 Å². The van der Waals surface area contributed by atoms with Gasteiger partial charge in [0.1, 0.15) is 0 Å². The minimum atomic E-state index is 0.204. The van der Waals surface area contributed by atoms with E-state index in [0.717, 1.165) is 11.1 Å². The number of hydrogen-bond acceptors (Lipinski definition) is 2. The zero-order chi connectivity index (χ0) is 9.26. The molecule has 1 aromatic carbocycles. The molecule has 2 nitrogen and oxygen atoms in total. The van der Waals surface area contributed by atoms with Crippen LogP contribution >= 0.6 is 15.9 Å². The van der Waals surface area contributed by atoms with Crippen molar-refractivity contribution in [2.24, 2.45) is 5.92 Å². The molecule has 0 aliphatic heterocycles. The summed E-state index contributed by atoms with van der Waals surface area (Å²) in [7, 11) is 0. The van der Waals surface area contributed by atoms with Crippen LogP contribution in [-0.2, 0) is 0 Å². The van der Waals surface area contributed by atoms with Crippen LogP contribution in [0.3, 0.4) is 0 Å². The molecule has 0 atom stereocenters. The fraction of sp³-hybridized carbons (Fsp3) is 0.400. The molecule has 1 fully saturated rings. The van der Waals surface area contributed by atoms with E-state index < -0.39 is 0 Å². The van der Waals surface area contributed by atoms with E-state index in [-0.39, 0.29) is 5.75 Å². The fourth-order valence-electron chi connectivity index (χ4n) is 1.10. The molecule has 1 aliphatic rings. The maximum absolute atomic E-state index is 9.47. The van der Waals surface area contributed by atoms with Crippen LogP contribution in [0, 0.1) is 5.92 Å². The number of benzene rings is 1. The zero-order valence-corrected chi connectivity index (χ0v) is 8.75. The third-order valence-corrected chi connectivity index (χ3v) is 2.59. The van der Waals surface area contributed by atoms with Crippen molar-refractivity contribution in [3.63, 3.8) is 0 Å². The number of aromatic hydroxyl groups is 1. The van der Waals surface area contributed by atoms with Gasteiger partial charge in [0.25, 0.3) is 0 Å². The molecule has 0 unspecified atom stereocenters. The lowest BCUT2D eigenvalue weighted by molar-refractivity contribution is 0.284. The Kier molecular flexibility index (Phi) is 2.44. The Hall–Kier alpha value is -0.700. The Morgan fingerprint density at radius 1 is 1.46 bits per heavy atom. The predicted octanol–water partition coefficient (Wildman–Crippen LogP) is 2.94. The summed E-state index contributed by atoms with van der Waals surface area (Å²) in [5, 5.41) is 9.47. The maximum Gasteiger partial charge on any atom is 0.160 e. The van der Waals surface area contributed by atoms with Crippen molar-refractivity contribution in [1.82, 2.24) is 0 Å². The number of hydrogen-bond donors (Lipinski definition) is 1. The lowest BCUT2D eigenvalue weighted by Crippen LogP contribution is -1.98. The molecule has 3 heteroatoms. The van der Waals surface area contributed by atoms with Crippen LogP contribution in [0.5, 0.6) is 11.5 Å². The molecule has 0 amide bonds. The zero-order valence-electron chi connectivity index (χ0n) is 7.16. The van der Waals surface area contributed by atoms with Gasteiger partial charge in [-0.25, -0.2) is 0 Å². The second kappa shape index (κ2) is 3.58. The lowest BCUT2D eigenvalue weighted by atomic mass is 10.3.